The summed E-state index contributed by atoms with van der Waals surface area (Å²) in [6.07, 6.45) is 2.19. The first-order valence-corrected chi connectivity index (χ1v) is 9.19. The van der Waals surface area contributed by atoms with Gasteiger partial charge in [-0.25, -0.2) is 4.57 Å². The molecule has 0 bridgehead atoms. The van der Waals surface area contributed by atoms with Crippen molar-refractivity contribution >= 4 is 21.9 Å². The number of para-hydroxylation sites is 1. The van der Waals surface area contributed by atoms with E-state index in [4.69, 9.17) is 4.42 Å². The lowest BCUT2D eigenvalue weighted by Crippen LogP contribution is -2.30. The van der Waals surface area contributed by atoms with E-state index in [9.17, 15) is 0 Å². The maximum absolute atomic E-state index is 6.28. The SMILES string of the molecule is Cc1ccc2c(oc3ccccc32)c1-c1ccc(-c2ccccc2)c[n+]1C. The second-order valence-electron chi connectivity index (χ2n) is 7.01. The molecule has 0 fully saturated rings. The van der Waals surface area contributed by atoms with Crippen molar-refractivity contribution in [1.82, 2.24) is 0 Å². The van der Waals surface area contributed by atoms with E-state index in [1.54, 1.807) is 0 Å². The van der Waals surface area contributed by atoms with Gasteiger partial charge in [-0.2, -0.15) is 0 Å². The van der Waals surface area contributed by atoms with Crippen LogP contribution >= 0.6 is 0 Å². The second kappa shape index (κ2) is 6.10. The molecule has 2 nitrogen and oxygen atoms in total. The summed E-state index contributed by atoms with van der Waals surface area (Å²) in [4.78, 5) is 0. The molecule has 0 aliphatic rings. The molecule has 5 rings (SSSR count). The number of furan rings is 1. The van der Waals surface area contributed by atoms with Crippen LogP contribution in [0.15, 0.2) is 89.5 Å². The van der Waals surface area contributed by atoms with Crippen LogP contribution in [0.25, 0.3) is 44.3 Å². The van der Waals surface area contributed by atoms with Crippen molar-refractivity contribution in [3.05, 3.63) is 90.6 Å². The Labute approximate surface area is 158 Å². The van der Waals surface area contributed by atoms with E-state index in [0.717, 1.165) is 27.8 Å². The Morgan fingerprint density at radius 3 is 2.30 bits per heavy atom. The Morgan fingerprint density at radius 1 is 0.704 bits per heavy atom. The fourth-order valence-corrected chi connectivity index (χ4v) is 3.87. The van der Waals surface area contributed by atoms with Crippen LogP contribution in [0.2, 0.25) is 0 Å². The minimum atomic E-state index is 0.933. The van der Waals surface area contributed by atoms with E-state index in [2.05, 4.69) is 85.4 Å². The van der Waals surface area contributed by atoms with Crippen molar-refractivity contribution in [2.24, 2.45) is 7.05 Å². The van der Waals surface area contributed by atoms with Crippen molar-refractivity contribution in [3.8, 4) is 22.4 Å². The standard InChI is InChI=1S/C25H20NO/c1-17-12-14-21-20-10-6-7-11-23(20)27-25(21)24(17)22-15-13-19(16-26(22)2)18-8-4-3-5-9-18/h3-16H,1-2H3/q+1. The minimum absolute atomic E-state index is 0.933. The molecule has 0 radical (unpaired) electrons. The molecule has 2 aromatic heterocycles. The molecule has 0 saturated heterocycles. The topological polar surface area (TPSA) is 17.0 Å². The van der Waals surface area contributed by atoms with Gasteiger partial charge >= 0.3 is 0 Å². The zero-order valence-electron chi connectivity index (χ0n) is 15.4. The smallest absolute Gasteiger partial charge is 0.216 e. The van der Waals surface area contributed by atoms with Crippen molar-refractivity contribution in [2.75, 3.05) is 0 Å². The number of benzene rings is 3. The van der Waals surface area contributed by atoms with E-state index in [1.807, 2.05) is 18.2 Å². The van der Waals surface area contributed by atoms with Gasteiger partial charge in [0.2, 0.25) is 5.69 Å². The van der Waals surface area contributed by atoms with Crippen LogP contribution in [0.4, 0.5) is 0 Å². The molecule has 5 aromatic rings. The van der Waals surface area contributed by atoms with Crippen molar-refractivity contribution in [2.45, 2.75) is 6.92 Å². The lowest BCUT2D eigenvalue weighted by molar-refractivity contribution is -0.659. The number of hydrogen-bond acceptors (Lipinski definition) is 1. The van der Waals surface area contributed by atoms with Gasteiger partial charge in [0.25, 0.3) is 0 Å². The molecule has 3 aromatic carbocycles. The lowest BCUT2D eigenvalue weighted by Gasteiger charge is -2.07. The predicted molar refractivity (Wildman–Crippen MR) is 111 cm³/mol. The summed E-state index contributed by atoms with van der Waals surface area (Å²) < 4.78 is 8.47. The van der Waals surface area contributed by atoms with Crippen LogP contribution in [0.3, 0.4) is 0 Å². The highest BCUT2D eigenvalue weighted by Gasteiger charge is 2.20. The highest BCUT2D eigenvalue weighted by Crippen LogP contribution is 2.36. The Bertz CT molecular complexity index is 1280. The quantitative estimate of drug-likeness (QED) is 0.354. The molecule has 0 amide bonds. The molecular weight excluding hydrogens is 330 g/mol. The maximum atomic E-state index is 6.28. The molecule has 27 heavy (non-hydrogen) atoms. The average molecular weight is 350 g/mol. The van der Waals surface area contributed by atoms with Gasteiger partial charge in [-0.05, 0) is 30.2 Å². The Balaban J connectivity index is 1.75. The third kappa shape index (κ3) is 2.53. The number of aryl methyl sites for hydroxylation is 2. The average Bonchev–Trinajstić information content (AvgIpc) is 3.08. The van der Waals surface area contributed by atoms with Crippen LogP contribution in [-0.4, -0.2) is 0 Å². The summed E-state index contributed by atoms with van der Waals surface area (Å²) in [6.45, 7) is 2.15. The number of pyridine rings is 1. The van der Waals surface area contributed by atoms with Gasteiger partial charge in [-0.1, -0.05) is 60.7 Å². The van der Waals surface area contributed by atoms with Crippen molar-refractivity contribution in [1.29, 1.82) is 0 Å². The summed E-state index contributed by atoms with van der Waals surface area (Å²) in [5.41, 5.74) is 7.84. The maximum Gasteiger partial charge on any atom is 0.216 e. The summed E-state index contributed by atoms with van der Waals surface area (Å²) in [5, 5.41) is 2.33. The Morgan fingerprint density at radius 2 is 1.48 bits per heavy atom. The molecule has 0 aliphatic heterocycles. The van der Waals surface area contributed by atoms with Crippen LogP contribution in [-0.2, 0) is 7.05 Å². The number of rotatable bonds is 2. The van der Waals surface area contributed by atoms with E-state index >= 15 is 0 Å². The summed E-state index contributed by atoms with van der Waals surface area (Å²) in [7, 11) is 2.10. The molecule has 0 atom stereocenters. The van der Waals surface area contributed by atoms with Gasteiger partial charge in [0, 0.05) is 22.4 Å². The third-order valence-electron chi connectivity index (χ3n) is 5.25. The molecule has 0 unspecified atom stereocenters. The van der Waals surface area contributed by atoms with Gasteiger partial charge in [-0.15, -0.1) is 0 Å². The van der Waals surface area contributed by atoms with Crippen LogP contribution < -0.4 is 4.57 Å². The van der Waals surface area contributed by atoms with E-state index in [0.29, 0.717) is 0 Å². The Kier molecular flexibility index (Phi) is 3.58. The summed E-state index contributed by atoms with van der Waals surface area (Å²) >= 11 is 0. The lowest BCUT2D eigenvalue weighted by atomic mass is 9.99. The van der Waals surface area contributed by atoms with E-state index in [-0.39, 0.29) is 0 Å². The van der Waals surface area contributed by atoms with Crippen LogP contribution in [0, 0.1) is 6.92 Å². The molecular formula is C25H20NO+. The number of aromatic nitrogens is 1. The predicted octanol–water partition coefficient (Wildman–Crippen LogP) is 6.05. The fraction of sp³-hybridized carbons (Fsp3) is 0.0800. The number of fused-ring (bicyclic) bond motifs is 3. The molecule has 0 saturated carbocycles. The van der Waals surface area contributed by atoms with Crippen molar-refractivity contribution in [3.63, 3.8) is 0 Å². The summed E-state index contributed by atoms with van der Waals surface area (Å²) in [6, 6.07) is 27.4. The van der Waals surface area contributed by atoms with Gasteiger partial charge in [0.1, 0.15) is 18.2 Å². The number of nitrogens with zero attached hydrogens (tertiary/aromatic N) is 1. The van der Waals surface area contributed by atoms with Crippen LogP contribution in [0.1, 0.15) is 5.56 Å². The molecule has 0 N–H and O–H groups in total. The first-order chi connectivity index (χ1) is 13.2. The monoisotopic (exact) mass is 350 g/mol. The first kappa shape index (κ1) is 15.8. The largest absolute Gasteiger partial charge is 0.455 e. The first-order valence-electron chi connectivity index (χ1n) is 9.19. The molecule has 130 valence electrons. The zero-order valence-corrected chi connectivity index (χ0v) is 15.4. The number of hydrogen-bond donors (Lipinski definition) is 0. The minimum Gasteiger partial charge on any atom is -0.455 e. The third-order valence-corrected chi connectivity index (χ3v) is 5.25. The molecule has 0 aliphatic carbocycles. The normalized spacial score (nSPS) is 11.3. The fourth-order valence-electron chi connectivity index (χ4n) is 3.87. The van der Waals surface area contributed by atoms with E-state index < -0.39 is 0 Å². The van der Waals surface area contributed by atoms with Crippen LogP contribution in [0.5, 0.6) is 0 Å². The summed E-state index contributed by atoms with van der Waals surface area (Å²) in [5.74, 6) is 0. The van der Waals surface area contributed by atoms with Gasteiger partial charge in [-0.3, -0.25) is 0 Å². The van der Waals surface area contributed by atoms with Gasteiger partial charge in [0.15, 0.2) is 6.20 Å². The highest BCUT2D eigenvalue weighted by molar-refractivity contribution is 6.09. The highest BCUT2D eigenvalue weighted by atomic mass is 16.3. The molecule has 0 spiro atoms. The molecule has 2 heterocycles. The van der Waals surface area contributed by atoms with E-state index in [1.165, 1.54) is 22.1 Å². The Hall–Kier alpha value is -3.39. The van der Waals surface area contributed by atoms with Gasteiger partial charge < -0.3 is 4.42 Å². The second-order valence-corrected chi connectivity index (χ2v) is 7.01. The molecule has 2 heteroatoms. The van der Waals surface area contributed by atoms with Gasteiger partial charge in [0.05, 0.1) is 5.56 Å². The van der Waals surface area contributed by atoms with Crippen molar-refractivity contribution < 1.29 is 8.98 Å². The zero-order chi connectivity index (χ0) is 18.4.